The van der Waals surface area contributed by atoms with E-state index < -0.39 is 6.04 Å². The number of amides is 2. The third-order valence-electron chi connectivity index (χ3n) is 4.40. The lowest BCUT2D eigenvalue weighted by atomic mass is 10.1. The maximum absolute atomic E-state index is 12.5. The quantitative estimate of drug-likeness (QED) is 0.881. The van der Waals surface area contributed by atoms with E-state index in [4.69, 9.17) is 5.73 Å². The van der Waals surface area contributed by atoms with Crippen molar-refractivity contribution in [1.29, 1.82) is 0 Å². The molecule has 1 aliphatic rings. The molecule has 0 bridgehead atoms. The van der Waals surface area contributed by atoms with E-state index in [0.29, 0.717) is 38.2 Å². The standard InChI is InChI=1S/C18H27N3O2.ClH/c1-3-5-16(19)18(23)21-12-10-20(11-13-21)17(22)15-8-6-14(4-2)7-9-15;/h6-9,16H,3-5,10-13,19H2,1-2H3;1H. The first-order chi connectivity index (χ1) is 11.1. The van der Waals surface area contributed by atoms with Gasteiger partial charge < -0.3 is 15.5 Å². The van der Waals surface area contributed by atoms with Crippen LogP contribution in [0.2, 0.25) is 0 Å². The topological polar surface area (TPSA) is 66.6 Å². The maximum atomic E-state index is 12.5. The summed E-state index contributed by atoms with van der Waals surface area (Å²) in [4.78, 5) is 28.3. The minimum Gasteiger partial charge on any atom is -0.338 e. The molecule has 0 aliphatic carbocycles. The van der Waals surface area contributed by atoms with Gasteiger partial charge in [-0.1, -0.05) is 32.4 Å². The molecule has 0 saturated carbocycles. The molecule has 5 nitrogen and oxygen atoms in total. The Balaban J connectivity index is 0.00000288. The monoisotopic (exact) mass is 353 g/mol. The lowest BCUT2D eigenvalue weighted by Gasteiger charge is -2.36. The molecule has 134 valence electrons. The molecule has 1 fully saturated rings. The Bertz CT molecular complexity index is 540. The molecule has 1 saturated heterocycles. The van der Waals surface area contributed by atoms with Crippen molar-refractivity contribution in [3.05, 3.63) is 35.4 Å². The van der Waals surface area contributed by atoms with E-state index in [1.54, 1.807) is 4.90 Å². The van der Waals surface area contributed by atoms with Crippen LogP contribution in [-0.4, -0.2) is 53.8 Å². The zero-order valence-electron chi connectivity index (χ0n) is 14.5. The predicted molar refractivity (Wildman–Crippen MR) is 98.4 cm³/mol. The third-order valence-corrected chi connectivity index (χ3v) is 4.40. The summed E-state index contributed by atoms with van der Waals surface area (Å²) in [6, 6.07) is 7.35. The lowest BCUT2D eigenvalue weighted by molar-refractivity contribution is -0.134. The second-order valence-electron chi connectivity index (χ2n) is 6.06. The molecule has 1 heterocycles. The Kier molecular flexibility index (Phi) is 8.22. The van der Waals surface area contributed by atoms with E-state index in [-0.39, 0.29) is 24.2 Å². The SMILES string of the molecule is CCCC(N)C(=O)N1CCN(C(=O)c2ccc(CC)cc2)CC1.Cl. The minimum atomic E-state index is -0.413. The van der Waals surface area contributed by atoms with Crippen molar-refractivity contribution in [3.63, 3.8) is 0 Å². The summed E-state index contributed by atoms with van der Waals surface area (Å²) in [5, 5.41) is 0. The molecule has 1 aromatic carbocycles. The molecule has 2 N–H and O–H groups in total. The average molecular weight is 354 g/mol. The van der Waals surface area contributed by atoms with Crippen LogP contribution in [0, 0.1) is 0 Å². The molecule has 1 atom stereocenters. The number of rotatable bonds is 5. The zero-order chi connectivity index (χ0) is 16.8. The molecule has 1 aromatic rings. The summed E-state index contributed by atoms with van der Waals surface area (Å²) in [5.74, 6) is 0.0452. The van der Waals surface area contributed by atoms with Gasteiger partial charge in [0.05, 0.1) is 6.04 Å². The first kappa shape index (κ1) is 20.5. The molecule has 24 heavy (non-hydrogen) atoms. The van der Waals surface area contributed by atoms with E-state index in [9.17, 15) is 9.59 Å². The molecule has 0 aromatic heterocycles. The van der Waals surface area contributed by atoms with Crippen LogP contribution in [0.5, 0.6) is 0 Å². The molecule has 2 amide bonds. The second-order valence-corrected chi connectivity index (χ2v) is 6.06. The number of halogens is 1. The second kappa shape index (κ2) is 9.64. The Morgan fingerprint density at radius 2 is 1.58 bits per heavy atom. The zero-order valence-corrected chi connectivity index (χ0v) is 15.3. The normalized spacial score (nSPS) is 15.6. The highest BCUT2D eigenvalue weighted by atomic mass is 35.5. The van der Waals surface area contributed by atoms with Crippen LogP contribution in [0.4, 0.5) is 0 Å². The highest BCUT2D eigenvalue weighted by Gasteiger charge is 2.27. The summed E-state index contributed by atoms with van der Waals surface area (Å²) in [7, 11) is 0. The van der Waals surface area contributed by atoms with Gasteiger partial charge in [-0.05, 0) is 30.5 Å². The van der Waals surface area contributed by atoms with E-state index in [1.165, 1.54) is 5.56 Å². The number of nitrogens with two attached hydrogens (primary N) is 1. The molecule has 2 rings (SSSR count). The number of carbonyl (C=O) groups is 2. The van der Waals surface area contributed by atoms with Crippen LogP contribution in [-0.2, 0) is 11.2 Å². The van der Waals surface area contributed by atoms with Crippen LogP contribution < -0.4 is 5.73 Å². The smallest absolute Gasteiger partial charge is 0.253 e. The number of aryl methyl sites for hydroxylation is 1. The van der Waals surface area contributed by atoms with Gasteiger partial charge in [-0.2, -0.15) is 0 Å². The molecular formula is C18H28ClN3O2. The summed E-state index contributed by atoms with van der Waals surface area (Å²) < 4.78 is 0. The molecular weight excluding hydrogens is 326 g/mol. The minimum absolute atomic E-state index is 0. The Hall–Kier alpha value is -1.59. The number of piperazine rings is 1. The summed E-state index contributed by atoms with van der Waals surface area (Å²) in [6.07, 6.45) is 2.58. The average Bonchev–Trinajstić information content (AvgIpc) is 2.61. The van der Waals surface area contributed by atoms with E-state index in [2.05, 4.69) is 6.92 Å². The fourth-order valence-electron chi connectivity index (χ4n) is 2.86. The highest BCUT2D eigenvalue weighted by Crippen LogP contribution is 2.12. The van der Waals surface area contributed by atoms with Gasteiger partial charge in [-0.25, -0.2) is 0 Å². The number of hydrogen-bond acceptors (Lipinski definition) is 3. The van der Waals surface area contributed by atoms with Gasteiger partial charge >= 0.3 is 0 Å². The van der Waals surface area contributed by atoms with Crippen LogP contribution in [0.3, 0.4) is 0 Å². The Labute approximate surface area is 150 Å². The fraction of sp³-hybridized carbons (Fsp3) is 0.556. The molecule has 6 heteroatoms. The number of carbonyl (C=O) groups excluding carboxylic acids is 2. The summed E-state index contributed by atoms with van der Waals surface area (Å²) in [5.41, 5.74) is 7.84. The fourth-order valence-corrected chi connectivity index (χ4v) is 2.86. The van der Waals surface area contributed by atoms with Crippen molar-refractivity contribution in [3.8, 4) is 0 Å². The Morgan fingerprint density at radius 1 is 1.04 bits per heavy atom. The molecule has 1 aliphatic heterocycles. The van der Waals surface area contributed by atoms with Crippen molar-refractivity contribution >= 4 is 24.2 Å². The van der Waals surface area contributed by atoms with Gasteiger partial charge in [0, 0.05) is 31.7 Å². The van der Waals surface area contributed by atoms with Gasteiger partial charge in [0.15, 0.2) is 0 Å². The van der Waals surface area contributed by atoms with Crippen LogP contribution >= 0.6 is 12.4 Å². The van der Waals surface area contributed by atoms with Gasteiger partial charge in [0.1, 0.15) is 0 Å². The number of hydrogen-bond donors (Lipinski definition) is 1. The van der Waals surface area contributed by atoms with Crippen molar-refractivity contribution in [2.24, 2.45) is 5.73 Å². The first-order valence-corrected chi connectivity index (χ1v) is 8.49. The molecule has 0 spiro atoms. The number of nitrogens with zero attached hydrogens (tertiary/aromatic N) is 2. The predicted octanol–water partition coefficient (Wildman–Crippen LogP) is 2.08. The van der Waals surface area contributed by atoms with Crippen molar-refractivity contribution in [2.45, 2.75) is 39.2 Å². The maximum Gasteiger partial charge on any atom is 0.253 e. The molecule has 0 radical (unpaired) electrons. The van der Waals surface area contributed by atoms with E-state index in [0.717, 1.165) is 12.8 Å². The summed E-state index contributed by atoms with van der Waals surface area (Å²) >= 11 is 0. The van der Waals surface area contributed by atoms with Crippen LogP contribution in [0.15, 0.2) is 24.3 Å². The van der Waals surface area contributed by atoms with E-state index in [1.807, 2.05) is 36.1 Å². The van der Waals surface area contributed by atoms with Gasteiger partial charge in [-0.15, -0.1) is 12.4 Å². The number of benzene rings is 1. The summed E-state index contributed by atoms with van der Waals surface area (Å²) in [6.45, 7) is 6.38. The van der Waals surface area contributed by atoms with Crippen LogP contribution in [0.25, 0.3) is 0 Å². The lowest BCUT2D eigenvalue weighted by Crippen LogP contribution is -2.54. The molecule has 1 unspecified atom stereocenters. The van der Waals surface area contributed by atoms with Crippen molar-refractivity contribution < 1.29 is 9.59 Å². The van der Waals surface area contributed by atoms with E-state index >= 15 is 0 Å². The van der Waals surface area contributed by atoms with Gasteiger partial charge in [0.2, 0.25) is 5.91 Å². The first-order valence-electron chi connectivity index (χ1n) is 8.49. The van der Waals surface area contributed by atoms with Gasteiger partial charge in [0.25, 0.3) is 5.91 Å². The van der Waals surface area contributed by atoms with Crippen molar-refractivity contribution in [2.75, 3.05) is 26.2 Å². The van der Waals surface area contributed by atoms with Crippen molar-refractivity contribution in [1.82, 2.24) is 9.80 Å². The largest absolute Gasteiger partial charge is 0.338 e. The van der Waals surface area contributed by atoms with Crippen LogP contribution in [0.1, 0.15) is 42.6 Å². The highest BCUT2D eigenvalue weighted by molar-refractivity contribution is 5.94. The van der Waals surface area contributed by atoms with Gasteiger partial charge in [-0.3, -0.25) is 9.59 Å². The Morgan fingerprint density at radius 3 is 2.08 bits per heavy atom. The third kappa shape index (κ3) is 4.95.